The maximum atomic E-state index is 6.62. The average Bonchev–Trinajstić information content (AvgIpc) is 3.41. The number of nitrogens with zero attached hydrogens (tertiary/aromatic N) is 1. The Morgan fingerprint density at radius 2 is 2.10 bits per heavy atom. The van der Waals surface area contributed by atoms with Crippen LogP contribution >= 0.6 is 11.9 Å². The Morgan fingerprint density at radius 3 is 2.94 bits per heavy atom. The van der Waals surface area contributed by atoms with Gasteiger partial charge in [0.05, 0.1) is 24.4 Å². The second-order valence-electron chi connectivity index (χ2n) is 9.72. The Hall–Kier alpha value is -1.80. The third-order valence-electron chi connectivity index (χ3n) is 7.72. The molecule has 7 heteroatoms. The number of hydrogen-bond donors (Lipinski definition) is 1. The van der Waals surface area contributed by atoms with E-state index in [4.69, 9.17) is 13.7 Å². The van der Waals surface area contributed by atoms with Gasteiger partial charge in [-0.25, -0.2) is 0 Å². The lowest BCUT2D eigenvalue weighted by molar-refractivity contribution is -0.150. The van der Waals surface area contributed by atoms with Gasteiger partial charge in [-0.3, -0.25) is 9.71 Å². The summed E-state index contributed by atoms with van der Waals surface area (Å²) in [6.45, 7) is 4.79. The molecule has 0 radical (unpaired) electrons. The SMILES string of the molecule is CC1(C)C2CC3OB(C(Cc4coc5ccccc45)NSc4cccnc4)OC3C1C2. The van der Waals surface area contributed by atoms with Crippen LogP contribution in [0.2, 0.25) is 0 Å². The fourth-order valence-electron chi connectivity index (χ4n) is 5.72. The van der Waals surface area contributed by atoms with E-state index in [1.165, 1.54) is 12.0 Å². The number of rotatable bonds is 6. The Bertz CT molecular complexity index is 1070. The van der Waals surface area contributed by atoms with Crippen LogP contribution in [0.3, 0.4) is 0 Å². The van der Waals surface area contributed by atoms with Gasteiger partial charge in [-0.15, -0.1) is 0 Å². The van der Waals surface area contributed by atoms with Crippen molar-refractivity contribution >= 4 is 30.0 Å². The molecule has 3 saturated carbocycles. The first-order chi connectivity index (χ1) is 15.1. The molecule has 31 heavy (non-hydrogen) atoms. The number of aromatic nitrogens is 1. The van der Waals surface area contributed by atoms with Crippen molar-refractivity contribution in [1.29, 1.82) is 0 Å². The molecule has 5 atom stereocenters. The lowest BCUT2D eigenvalue weighted by Gasteiger charge is -2.60. The van der Waals surface area contributed by atoms with E-state index >= 15 is 0 Å². The zero-order valence-electron chi connectivity index (χ0n) is 17.9. The standard InChI is InChI=1S/C24H27BN2O3S/c1-24(2)16-11-19(24)23-21(12-16)29-25(30-23)22(27-31-17-6-5-9-26-13-17)10-15-14-28-20-8-4-3-7-18(15)20/h3-9,13-14,16,19,21-23,27H,10-12H2,1-2H3. The molecule has 1 aromatic carbocycles. The summed E-state index contributed by atoms with van der Waals surface area (Å²) < 4.78 is 22.6. The van der Waals surface area contributed by atoms with Crippen LogP contribution in [-0.4, -0.2) is 30.3 Å². The molecule has 3 aliphatic carbocycles. The summed E-state index contributed by atoms with van der Waals surface area (Å²) in [5.74, 6) is 1.36. The van der Waals surface area contributed by atoms with Gasteiger partial charge in [0.2, 0.25) is 0 Å². The van der Waals surface area contributed by atoms with E-state index in [1.807, 2.05) is 30.7 Å². The monoisotopic (exact) mass is 434 g/mol. The second-order valence-corrected chi connectivity index (χ2v) is 10.6. The highest BCUT2D eigenvalue weighted by Gasteiger charge is 2.62. The van der Waals surface area contributed by atoms with Gasteiger partial charge in [0.1, 0.15) is 5.58 Å². The minimum Gasteiger partial charge on any atom is -0.464 e. The second kappa shape index (κ2) is 7.66. The van der Waals surface area contributed by atoms with Gasteiger partial charge < -0.3 is 13.7 Å². The lowest BCUT2D eigenvalue weighted by atomic mass is 9.47. The summed E-state index contributed by atoms with van der Waals surface area (Å²) in [6, 6.07) is 12.2. The summed E-state index contributed by atoms with van der Waals surface area (Å²) in [7, 11) is -0.275. The zero-order valence-corrected chi connectivity index (χ0v) is 18.7. The van der Waals surface area contributed by atoms with Crippen LogP contribution in [0.5, 0.6) is 0 Å². The molecule has 2 bridgehead atoms. The zero-order chi connectivity index (χ0) is 21.0. The molecule has 5 unspecified atom stereocenters. The minimum atomic E-state index is -0.275. The number of nitrogens with one attached hydrogen (secondary N) is 1. The molecular formula is C24H27BN2O3S. The van der Waals surface area contributed by atoms with Crippen molar-refractivity contribution in [2.24, 2.45) is 17.3 Å². The van der Waals surface area contributed by atoms with Crippen LogP contribution in [0.15, 0.2) is 64.4 Å². The Labute approximate surface area is 187 Å². The van der Waals surface area contributed by atoms with E-state index in [1.54, 1.807) is 18.1 Å². The molecule has 3 heterocycles. The molecule has 4 fully saturated rings. The van der Waals surface area contributed by atoms with Gasteiger partial charge in [-0.2, -0.15) is 0 Å². The normalized spacial score (nSPS) is 29.5. The molecule has 7 rings (SSSR count). The van der Waals surface area contributed by atoms with Crippen LogP contribution in [0.1, 0.15) is 32.3 Å². The van der Waals surface area contributed by atoms with Gasteiger partial charge in [0.25, 0.3) is 0 Å². The number of para-hydroxylation sites is 1. The molecule has 2 aromatic heterocycles. The van der Waals surface area contributed by atoms with Crippen LogP contribution in [-0.2, 0) is 15.7 Å². The minimum absolute atomic E-state index is 0.00266. The third-order valence-corrected chi connectivity index (χ3v) is 8.62. The highest BCUT2D eigenvalue weighted by Crippen LogP contribution is 2.61. The topological polar surface area (TPSA) is 56.5 Å². The van der Waals surface area contributed by atoms with Crippen LogP contribution < -0.4 is 4.72 Å². The summed E-state index contributed by atoms with van der Waals surface area (Å²) in [6.07, 6.45) is 9.12. The summed E-state index contributed by atoms with van der Waals surface area (Å²) >= 11 is 1.58. The van der Waals surface area contributed by atoms with Crippen molar-refractivity contribution in [3.8, 4) is 0 Å². The van der Waals surface area contributed by atoms with E-state index < -0.39 is 0 Å². The van der Waals surface area contributed by atoms with Crippen LogP contribution in [0, 0.1) is 17.3 Å². The van der Waals surface area contributed by atoms with Gasteiger partial charge in [-0.1, -0.05) is 32.0 Å². The van der Waals surface area contributed by atoms with Crippen LogP contribution in [0.4, 0.5) is 0 Å². The number of benzene rings is 1. The molecule has 1 aliphatic heterocycles. The number of fused-ring (bicyclic) bond motifs is 1. The Balaban J connectivity index is 1.24. The number of furan rings is 1. The molecule has 5 nitrogen and oxygen atoms in total. The maximum Gasteiger partial charge on any atom is 0.477 e. The Kier molecular flexibility index (Phi) is 4.91. The largest absolute Gasteiger partial charge is 0.477 e. The molecular weight excluding hydrogens is 407 g/mol. The van der Waals surface area contributed by atoms with Crippen molar-refractivity contribution in [3.63, 3.8) is 0 Å². The van der Waals surface area contributed by atoms with Gasteiger partial charge in [0.15, 0.2) is 0 Å². The van der Waals surface area contributed by atoms with E-state index in [-0.39, 0.29) is 25.3 Å². The van der Waals surface area contributed by atoms with E-state index in [0.29, 0.717) is 11.3 Å². The lowest BCUT2D eigenvalue weighted by Crippen LogP contribution is -2.59. The highest BCUT2D eigenvalue weighted by atomic mass is 32.2. The molecule has 4 aliphatic rings. The van der Waals surface area contributed by atoms with Gasteiger partial charge in [0, 0.05) is 22.7 Å². The fourth-order valence-corrected chi connectivity index (χ4v) is 6.47. The molecule has 0 spiro atoms. The number of pyridine rings is 1. The Morgan fingerprint density at radius 1 is 1.19 bits per heavy atom. The predicted molar refractivity (Wildman–Crippen MR) is 122 cm³/mol. The van der Waals surface area contributed by atoms with E-state index in [2.05, 4.69) is 41.8 Å². The third kappa shape index (κ3) is 3.42. The van der Waals surface area contributed by atoms with Gasteiger partial charge in [-0.05, 0) is 72.2 Å². The molecule has 160 valence electrons. The van der Waals surface area contributed by atoms with Crippen molar-refractivity contribution in [3.05, 3.63) is 60.6 Å². The van der Waals surface area contributed by atoms with Crippen molar-refractivity contribution in [2.45, 2.75) is 56.2 Å². The highest BCUT2D eigenvalue weighted by molar-refractivity contribution is 7.97. The van der Waals surface area contributed by atoms with Crippen molar-refractivity contribution < 1.29 is 13.7 Å². The molecule has 0 amide bonds. The predicted octanol–water partition coefficient (Wildman–Crippen LogP) is 4.91. The first-order valence-electron chi connectivity index (χ1n) is 11.2. The van der Waals surface area contributed by atoms with Crippen molar-refractivity contribution in [2.75, 3.05) is 0 Å². The maximum absolute atomic E-state index is 6.62. The van der Waals surface area contributed by atoms with Crippen molar-refractivity contribution in [1.82, 2.24) is 9.71 Å². The quantitative estimate of drug-likeness (QED) is 0.439. The molecule has 1 N–H and O–H groups in total. The number of hydrogen-bond acceptors (Lipinski definition) is 6. The van der Waals surface area contributed by atoms with Crippen LogP contribution in [0.25, 0.3) is 11.0 Å². The average molecular weight is 434 g/mol. The molecule has 1 saturated heterocycles. The van der Waals surface area contributed by atoms with E-state index in [9.17, 15) is 0 Å². The molecule has 3 aromatic rings. The van der Waals surface area contributed by atoms with Gasteiger partial charge >= 0.3 is 7.12 Å². The smallest absolute Gasteiger partial charge is 0.464 e. The fraction of sp³-hybridized carbons (Fsp3) is 0.458. The summed E-state index contributed by atoms with van der Waals surface area (Å²) in [4.78, 5) is 5.30. The summed E-state index contributed by atoms with van der Waals surface area (Å²) in [5.41, 5.74) is 2.46. The first-order valence-corrected chi connectivity index (χ1v) is 12.0. The first kappa shape index (κ1) is 19.9. The summed E-state index contributed by atoms with van der Waals surface area (Å²) in [5, 5.41) is 1.15. The van der Waals surface area contributed by atoms with E-state index in [0.717, 1.165) is 34.6 Å².